The molecule has 0 unspecified atom stereocenters. The van der Waals surface area contributed by atoms with E-state index in [1.807, 2.05) is 6.92 Å². The Hall–Kier alpha value is -1.57. The van der Waals surface area contributed by atoms with Gasteiger partial charge in [-0.15, -0.1) is 0 Å². The minimum absolute atomic E-state index is 0.640. The van der Waals surface area contributed by atoms with E-state index in [2.05, 4.69) is 36.4 Å². The van der Waals surface area contributed by atoms with E-state index < -0.39 is 0 Å². The third kappa shape index (κ3) is 1.47. The summed E-state index contributed by atoms with van der Waals surface area (Å²) < 4.78 is 5.12. The van der Waals surface area contributed by atoms with Crippen molar-refractivity contribution in [2.45, 2.75) is 13.8 Å². The molecule has 0 atom stereocenters. The fourth-order valence-electron chi connectivity index (χ4n) is 1.28. The zero-order valence-corrected chi connectivity index (χ0v) is 7.66. The van der Waals surface area contributed by atoms with Gasteiger partial charge in [-0.2, -0.15) is 0 Å². The summed E-state index contributed by atoms with van der Waals surface area (Å²) >= 11 is 0. The summed E-state index contributed by atoms with van der Waals surface area (Å²) in [5.41, 5.74) is 3.42. The maximum atomic E-state index is 5.12. The molecule has 0 aliphatic rings. The fraction of sp³-hybridized carbons (Fsp3) is 0.182. The maximum absolute atomic E-state index is 5.12. The Morgan fingerprint density at radius 3 is 2.85 bits per heavy atom. The van der Waals surface area contributed by atoms with Gasteiger partial charge in [-0.1, -0.05) is 17.7 Å². The number of aromatic nitrogens is 1. The highest BCUT2D eigenvalue weighted by atomic mass is 16.3. The van der Waals surface area contributed by atoms with E-state index in [1.165, 1.54) is 17.3 Å². The van der Waals surface area contributed by atoms with Crippen molar-refractivity contribution < 1.29 is 4.42 Å². The molecule has 0 aliphatic heterocycles. The van der Waals surface area contributed by atoms with E-state index >= 15 is 0 Å². The molecule has 2 rings (SSSR count). The molecule has 0 amide bonds. The van der Waals surface area contributed by atoms with E-state index in [-0.39, 0.29) is 0 Å². The highest BCUT2D eigenvalue weighted by molar-refractivity contribution is 5.59. The lowest BCUT2D eigenvalue weighted by atomic mass is 10.1. The zero-order chi connectivity index (χ0) is 9.26. The molecule has 13 heavy (non-hydrogen) atoms. The predicted octanol–water partition coefficient (Wildman–Crippen LogP) is 2.76. The predicted molar refractivity (Wildman–Crippen MR) is 50.2 cm³/mol. The number of oxazole rings is 1. The van der Waals surface area contributed by atoms with Gasteiger partial charge in [-0.25, -0.2) is 4.98 Å². The van der Waals surface area contributed by atoms with Gasteiger partial charge in [0.1, 0.15) is 0 Å². The molecule has 0 saturated carbocycles. The third-order valence-corrected chi connectivity index (χ3v) is 2.01. The molecule has 2 nitrogen and oxygen atoms in total. The SMILES string of the molecule is Cc1ccc(C)c(-c2nc[c]o2)c1. The van der Waals surface area contributed by atoms with Gasteiger partial charge < -0.3 is 4.42 Å². The van der Waals surface area contributed by atoms with Crippen LogP contribution in [-0.2, 0) is 0 Å². The van der Waals surface area contributed by atoms with Crippen molar-refractivity contribution in [1.82, 2.24) is 4.98 Å². The molecule has 0 N–H and O–H groups in total. The minimum Gasteiger partial charge on any atom is -0.433 e. The van der Waals surface area contributed by atoms with Gasteiger partial charge in [-0.3, -0.25) is 0 Å². The Morgan fingerprint density at radius 1 is 1.31 bits per heavy atom. The summed E-state index contributed by atoms with van der Waals surface area (Å²) in [7, 11) is 0. The number of nitrogens with zero attached hydrogens (tertiary/aromatic N) is 1. The highest BCUT2D eigenvalue weighted by Crippen LogP contribution is 2.22. The van der Waals surface area contributed by atoms with E-state index in [9.17, 15) is 0 Å². The van der Waals surface area contributed by atoms with E-state index in [0.29, 0.717) is 5.89 Å². The highest BCUT2D eigenvalue weighted by Gasteiger charge is 2.05. The smallest absolute Gasteiger partial charge is 0.227 e. The standard InChI is InChI=1S/C11H10NO/c1-8-3-4-9(2)10(7-8)11-12-5-6-13-11/h3-5,7H,1-2H3. The normalized spacial score (nSPS) is 10.3. The van der Waals surface area contributed by atoms with Crippen LogP contribution in [0.5, 0.6) is 0 Å². The quantitative estimate of drug-likeness (QED) is 0.661. The Kier molecular flexibility index (Phi) is 1.89. The number of hydrogen-bond acceptors (Lipinski definition) is 2. The van der Waals surface area contributed by atoms with E-state index in [1.54, 1.807) is 0 Å². The Morgan fingerprint density at radius 2 is 2.15 bits per heavy atom. The molecule has 0 spiro atoms. The van der Waals surface area contributed by atoms with Crippen LogP contribution in [0.2, 0.25) is 0 Å². The zero-order valence-electron chi connectivity index (χ0n) is 7.66. The lowest BCUT2D eigenvalue weighted by Crippen LogP contribution is -1.84. The largest absolute Gasteiger partial charge is 0.433 e. The fourth-order valence-corrected chi connectivity index (χ4v) is 1.28. The topological polar surface area (TPSA) is 26.0 Å². The molecule has 1 heterocycles. The van der Waals surface area contributed by atoms with Gasteiger partial charge in [0.15, 0.2) is 6.26 Å². The summed E-state index contributed by atoms with van der Waals surface area (Å²) in [6, 6.07) is 6.20. The van der Waals surface area contributed by atoms with Crippen LogP contribution in [-0.4, -0.2) is 4.98 Å². The van der Waals surface area contributed by atoms with Crippen molar-refractivity contribution in [3.05, 3.63) is 41.8 Å². The summed E-state index contributed by atoms with van der Waals surface area (Å²) in [4.78, 5) is 4.07. The van der Waals surface area contributed by atoms with Gasteiger partial charge in [0.05, 0.1) is 6.20 Å². The first-order valence-corrected chi connectivity index (χ1v) is 4.17. The summed E-state index contributed by atoms with van der Waals surface area (Å²) in [6.07, 6.45) is 4.13. The Balaban J connectivity index is 2.57. The van der Waals surface area contributed by atoms with Crippen LogP contribution in [0.4, 0.5) is 0 Å². The first-order chi connectivity index (χ1) is 6.27. The van der Waals surface area contributed by atoms with Crippen molar-refractivity contribution in [2.75, 3.05) is 0 Å². The van der Waals surface area contributed by atoms with Crippen molar-refractivity contribution >= 4 is 0 Å². The van der Waals surface area contributed by atoms with Crippen LogP contribution in [0, 0.1) is 20.1 Å². The lowest BCUT2D eigenvalue weighted by molar-refractivity contribution is 0.565. The van der Waals surface area contributed by atoms with E-state index in [0.717, 1.165) is 5.56 Å². The molecule has 65 valence electrons. The molecule has 0 fully saturated rings. The van der Waals surface area contributed by atoms with Crippen molar-refractivity contribution in [3.63, 3.8) is 0 Å². The van der Waals surface area contributed by atoms with Gasteiger partial charge in [0, 0.05) is 5.56 Å². The molecule has 0 bridgehead atoms. The third-order valence-electron chi connectivity index (χ3n) is 2.01. The van der Waals surface area contributed by atoms with Crippen molar-refractivity contribution in [2.24, 2.45) is 0 Å². The summed E-state index contributed by atoms with van der Waals surface area (Å²) in [5.74, 6) is 0.640. The average Bonchev–Trinajstić information content (AvgIpc) is 2.61. The van der Waals surface area contributed by atoms with Crippen LogP contribution >= 0.6 is 0 Å². The second-order valence-electron chi connectivity index (χ2n) is 3.10. The molecule has 2 aromatic rings. The van der Waals surface area contributed by atoms with Crippen LogP contribution in [0.25, 0.3) is 11.5 Å². The molecule has 1 aromatic heterocycles. The monoisotopic (exact) mass is 172 g/mol. The molecular formula is C11H10NO. The van der Waals surface area contributed by atoms with Gasteiger partial charge in [-0.05, 0) is 25.5 Å². The molecule has 1 aromatic carbocycles. The molecule has 0 aliphatic carbocycles. The van der Waals surface area contributed by atoms with Crippen LogP contribution in [0.1, 0.15) is 11.1 Å². The Bertz CT molecular complexity index is 404. The Labute approximate surface area is 77.2 Å². The van der Waals surface area contributed by atoms with Gasteiger partial charge in [0.2, 0.25) is 5.89 Å². The number of benzene rings is 1. The second-order valence-corrected chi connectivity index (χ2v) is 3.10. The van der Waals surface area contributed by atoms with E-state index in [4.69, 9.17) is 4.42 Å². The number of aryl methyl sites for hydroxylation is 2. The summed E-state index contributed by atoms with van der Waals surface area (Å²) in [6.45, 7) is 4.09. The maximum Gasteiger partial charge on any atom is 0.227 e. The van der Waals surface area contributed by atoms with Crippen molar-refractivity contribution in [3.8, 4) is 11.5 Å². The van der Waals surface area contributed by atoms with Gasteiger partial charge in [0.25, 0.3) is 0 Å². The lowest BCUT2D eigenvalue weighted by Gasteiger charge is -2.01. The first kappa shape index (κ1) is 8.05. The van der Waals surface area contributed by atoms with Gasteiger partial charge >= 0.3 is 0 Å². The number of hydrogen-bond donors (Lipinski definition) is 0. The van der Waals surface area contributed by atoms with Crippen LogP contribution < -0.4 is 0 Å². The first-order valence-electron chi connectivity index (χ1n) is 4.17. The summed E-state index contributed by atoms with van der Waals surface area (Å²) in [5, 5.41) is 0. The molecular weight excluding hydrogens is 162 g/mol. The molecule has 1 radical (unpaired) electrons. The molecule has 2 heteroatoms. The second kappa shape index (κ2) is 3.05. The van der Waals surface area contributed by atoms with Crippen LogP contribution in [0.15, 0.2) is 28.8 Å². The minimum atomic E-state index is 0.640. The average molecular weight is 172 g/mol. The van der Waals surface area contributed by atoms with Crippen molar-refractivity contribution in [1.29, 1.82) is 0 Å². The molecule has 0 saturated heterocycles. The van der Waals surface area contributed by atoms with Crippen LogP contribution in [0.3, 0.4) is 0 Å². The number of rotatable bonds is 1.